The van der Waals surface area contributed by atoms with Gasteiger partial charge in [0.2, 0.25) is 0 Å². The van der Waals surface area contributed by atoms with Crippen molar-refractivity contribution in [3.63, 3.8) is 0 Å². The minimum Gasteiger partial charge on any atom is -0.497 e. The first kappa shape index (κ1) is 28.0. The maximum absolute atomic E-state index is 14.9. The molecule has 1 saturated carbocycles. The van der Waals surface area contributed by atoms with Crippen LogP contribution in [0.2, 0.25) is 0 Å². The van der Waals surface area contributed by atoms with Crippen molar-refractivity contribution < 1.29 is 23.4 Å². The number of methoxy groups -OCH3 is 2. The molecule has 0 saturated heterocycles. The average molecular weight is 539 g/mol. The number of esters is 1. The van der Waals surface area contributed by atoms with Gasteiger partial charge in [0, 0.05) is 5.56 Å². The first-order chi connectivity index (χ1) is 18.1. The summed E-state index contributed by atoms with van der Waals surface area (Å²) in [7, 11) is 2.99. The van der Waals surface area contributed by atoms with Gasteiger partial charge in [-0.1, -0.05) is 51.1 Å². The zero-order valence-electron chi connectivity index (χ0n) is 22.7. The van der Waals surface area contributed by atoms with E-state index >= 15 is 0 Å². The Morgan fingerprint density at radius 2 is 1.76 bits per heavy atom. The Hall–Kier alpha value is -3.05. The SMILES string of the molecule is COC(=O)C[C@H](c1cccc(OCc2ccc(-c3cc(OC)ccc3F)c(C(Cl)C(C)(C)C)c2)c1)C1CC1. The molecule has 3 aromatic carbocycles. The summed E-state index contributed by atoms with van der Waals surface area (Å²) in [5, 5.41) is -0.357. The lowest BCUT2D eigenvalue weighted by molar-refractivity contribution is -0.141. The monoisotopic (exact) mass is 538 g/mol. The predicted molar refractivity (Wildman–Crippen MR) is 149 cm³/mol. The Morgan fingerprint density at radius 3 is 2.42 bits per heavy atom. The van der Waals surface area contributed by atoms with Crippen molar-refractivity contribution in [3.05, 3.63) is 83.2 Å². The van der Waals surface area contributed by atoms with Crippen LogP contribution in [-0.4, -0.2) is 20.2 Å². The molecule has 3 aromatic rings. The van der Waals surface area contributed by atoms with Crippen LogP contribution in [-0.2, 0) is 16.1 Å². The van der Waals surface area contributed by atoms with Crippen LogP contribution in [0.5, 0.6) is 11.5 Å². The van der Waals surface area contributed by atoms with Gasteiger partial charge in [-0.2, -0.15) is 0 Å². The zero-order chi connectivity index (χ0) is 27.4. The Balaban J connectivity index is 1.60. The molecule has 1 aliphatic carbocycles. The molecule has 1 unspecified atom stereocenters. The molecule has 38 heavy (non-hydrogen) atoms. The lowest BCUT2D eigenvalue weighted by Crippen LogP contribution is -2.15. The fraction of sp³-hybridized carbons (Fsp3) is 0.406. The van der Waals surface area contributed by atoms with Crippen LogP contribution < -0.4 is 9.47 Å². The van der Waals surface area contributed by atoms with E-state index in [-0.39, 0.29) is 28.5 Å². The largest absolute Gasteiger partial charge is 0.497 e. The Kier molecular flexibility index (Phi) is 8.67. The van der Waals surface area contributed by atoms with E-state index < -0.39 is 0 Å². The van der Waals surface area contributed by atoms with Crippen molar-refractivity contribution in [2.45, 2.75) is 57.9 Å². The van der Waals surface area contributed by atoms with Gasteiger partial charge >= 0.3 is 5.97 Å². The third-order valence-electron chi connectivity index (χ3n) is 7.11. The van der Waals surface area contributed by atoms with E-state index in [0.717, 1.165) is 40.8 Å². The number of carbonyl (C=O) groups is 1. The molecule has 0 heterocycles. The molecule has 0 aromatic heterocycles. The van der Waals surface area contributed by atoms with Crippen LogP contribution >= 0.6 is 11.6 Å². The standard InChI is InChI=1S/C32H36ClFO4/c1-32(2,3)31(33)28-15-20(9-13-25(28)27-17-23(36-4)12-14-29(27)34)19-38-24-8-6-7-22(16-24)26(21-10-11-21)18-30(35)37-5/h6-9,12-17,21,26,31H,10-11,18-19H2,1-5H3/t26-,31?/m0/s1. The highest BCUT2D eigenvalue weighted by molar-refractivity contribution is 6.21. The summed E-state index contributed by atoms with van der Waals surface area (Å²) in [6.07, 6.45) is 2.63. The van der Waals surface area contributed by atoms with Gasteiger partial charge in [-0.3, -0.25) is 4.79 Å². The fourth-order valence-electron chi connectivity index (χ4n) is 4.78. The lowest BCUT2D eigenvalue weighted by atomic mass is 9.83. The molecule has 2 atom stereocenters. The van der Waals surface area contributed by atoms with Gasteiger partial charge in [0.15, 0.2) is 0 Å². The van der Waals surface area contributed by atoms with Gasteiger partial charge in [-0.05, 0) is 82.7 Å². The molecular formula is C32H36ClFO4. The highest BCUT2D eigenvalue weighted by Gasteiger charge is 2.34. The molecule has 0 aliphatic heterocycles. The van der Waals surface area contributed by atoms with Crippen molar-refractivity contribution in [2.24, 2.45) is 11.3 Å². The first-order valence-corrected chi connectivity index (χ1v) is 13.4. The summed E-state index contributed by atoms with van der Waals surface area (Å²) in [4.78, 5) is 12.0. The molecule has 1 fully saturated rings. The average Bonchev–Trinajstić information content (AvgIpc) is 3.75. The predicted octanol–water partition coefficient (Wildman–Crippen LogP) is 8.46. The van der Waals surface area contributed by atoms with Crippen molar-refractivity contribution >= 4 is 17.6 Å². The van der Waals surface area contributed by atoms with E-state index in [2.05, 4.69) is 26.8 Å². The number of ether oxygens (including phenoxy) is 3. The van der Waals surface area contributed by atoms with Gasteiger partial charge in [0.05, 0.1) is 26.0 Å². The van der Waals surface area contributed by atoms with E-state index in [9.17, 15) is 9.18 Å². The number of halogens is 2. The van der Waals surface area contributed by atoms with Crippen molar-refractivity contribution in [1.82, 2.24) is 0 Å². The molecule has 4 rings (SSSR count). The third-order valence-corrected chi connectivity index (χ3v) is 8.00. The second-order valence-corrected chi connectivity index (χ2v) is 11.5. The maximum atomic E-state index is 14.9. The quantitative estimate of drug-likeness (QED) is 0.192. The van der Waals surface area contributed by atoms with E-state index in [1.165, 1.54) is 13.2 Å². The Morgan fingerprint density at radius 1 is 1.00 bits per heavy atom. The van der Waals surface area contributed by atoms with Crippen molar-refractivity contribution in [2.75, 3.05) is 14.2 Å². The number of hydrogen-bond donors (Lipinski definition) is 0. The molecule has 1 aliphatic rings. The van der Waals surface area contributed by atoms with Gasteiger partial charge in [0.1, 0.15) is 23.9 Å². The van der Waals surface area contributed by atoms with Crippen LogP contribution in [0.4, 0.5) is 4.39 Å². The zero-order valence-corrected chi connectivity index (χ0v) is 23.5. The molecule has 4 nitrogen and oxygen atoms in total. The molecule has 0 radical (unpaired) electrons. The summed E-state index contributed by atoms with van der Waals surface area (Å²) in [5.74, 6) is 1.44. The summed E-state index contributed by atoms with van der Waals surface area (Å²) < 4.78 is 31.4. The summed E-state index contributed by atoms with van der Waals surface area (Å²) in [6, 6.07) is 18.5. The van der Waals surface area contributed by atoms with E-state index in [1.54, 1.807) is 19.2 Å². The Labute approximate surface area is 230 Å². The molecule has 0 N–H and O–H groups in total. The minimum atomic E-state index is -0.357. The molecule has 6 heteroatoms. The van der Waals surface area contributed by atoms with E-state index in [1.807, 2.05) is 36.4 Å². The molecular weight excluding hydrogens is 503 g/mol. The second-order valence-electron chi connectivity index (χ2n) is 11.1. The first-order valence-electron chi connectivity index (χ1n) is 13.0. The van der Waals surface area contributed by atoms with E-state index in [4.69, 9.17) is 25.8 Å². The van der Waals surface area contributed by atoms with Gasteiger partial charge in [-0.15, -0.1) is 11.6 Å². The minimum absolute atomic E-state index is 0.137. The maximum Gasteiger partial charge on any atom is 0.306 e. The number of carbonyl (C=O) groups excluding carboxylic acids is 1. The Bertz CT molecular complexity index is 1280. The van der Waals surface area contributed by atoms with Crippen LogP contribution in [0, 0.1) is 17.2 Å². The summed E-state index contributed by atoms with van der Waals surface area (Å²) >= 11 is 6.96. The van der Waals surface area contributed by atoms with Gasteiger partial charge < -0.3 is 14.2 Å². The van der Waals surface area contributed by atoms with Crippen molar-refractivity contribution in [1.29, 1.82) is 0 Å². The lowest BCUT2D eigenvalue weighted by Gasteiger charge is -2.28. The van der Waals surface area contributed by atoms with Gasteiger partial charge in [0.25, 0.3) is 0 Å². The molecule has 0 bridgehead atoms. The van der Waals surface area contributed by atoms with Crippen LogP contribution in [0.3, 0.4) is 0 Å². The van der Waals surface area contributed by atoms with E-state index in [0.29, 0.717) is 30.3 Å². The molecule has 0 amide bonds. The third kappa shape index (κ3) is 6.68. The topological polar surface area (TPSA) is 44.8 Å². The molecule has 0 spiro atoms. The fourth-order valence-corrected chi connectivity index (χ4v) is 4.96. The number of benzene rings is 3. The number of rotatable bonds is 10. The molecule has 202 valence electrons. The number of hydrogen-bond acceptors (Lipinski definition) is 4. The van der Waals surface area contributed by atoms with Crippen LogP contribution in [0.15, 0.2) is 60.7 Å². The van der Waals surface area contributed by atoms with Gasteiger partial charge in [-0.25, -0.2) is 4.39 Å². The summed E-state index contributed by atoms with van der Waals surface area (Å²) in [5.41, 5.74) is 3.79. The smallest absolute Gasteiger partial charge is 0.306 e. The second kappa shape index (κ2) is 11.8. The highest BCUT2D eigenvalue weighted by atomic mass is 35.5. The normalized spacial score (nSPS) is 15.0. The van der Waals surface area contributed by atoms with Crippen molar-refractivity contribution in [3.8, 4) is 22.6 Å². The number of alkyl halides is 1. The van der Waals surface area contributed by atoms with Crippen LogP contribution in [0.25, 0.3) is 11.1 Å². The summed E-state index contributed by atoms with van der Waals surface area (Å²) in [6.45, 7) is 6.52. The highest BCUT2D eigenvalue weighted by Crippen LogP contribution is 2.46. The van der Waals surface area contributed by atoms with Crippen LogP contribution in [0.1, 0.15) is 68.0 Å².